The molecule has 6 rings (SSSR count). The molecule has 0 aromatic heterocycles. The van der Waals surface area contributed by atoms with Gasteiger partial charge in [0.15, 0.2) is 0 Å². The summed E-state index contributed by atoms with van der Waals surface area (Å²) in [5.74, 6) is 0.125. The van der Waals surface area contributed by atoms with E-state index >= 15 is 0 Å². The average molecular weight is 330 g/mol. The Labute approximate surface area is 148 Å². The van der Waals surface area contributed by atoms with Crippen molar-refractivity contribution in [1.29, 1.82) is 0 Å². The van der Waals surface area contributed by atoms with E-state index < -0.39 is 0 Å². The van der Waals surface area contributed by atoms with E-state index in [0.29, 0.717) is 5.92 Å². The van der Waals surface area contributed by atoms with E-state index in [-0.39, 0.29) is 17.7 Å². The maximum Gasteiger partial charge on any atom is 0.226 e. The van der Waals surface area contributed by atoms with Gasteiger partial charge < -0.3 is 10.6 Å². The summed E-state index contributed by atoms with van der Waals surface area (Å²) < 4.78 is 0. The Kier molecular flexibility index (Phi) is 3.24. The monoisotopic (exact) mass is 330 g/mol. The number of primary amides is 1. The van der Waals surface area contributed by atoms with Gasteiger partial charge in [0.25, 0.3) is 0 Å². The van der Waals surface area contributed by atoms with Gasteiger partial charge in [-0.3, -0.25) is 4.79 Å². The Hall–Kier alpha value is -2.55. The fourth-order valence-corrected chi connectivity index (χ4v) is 5.19. The van der Waals surface area contributed by atoms with Gasteiger partial charge in [-0.15, -0.1) is 0 Å². The highest BCUT2D eigenvalue weighted by Crippen LogP contribution is 2.55. The van der Waals surface area contributed by atoms with E-state index in [1.807, 2.05) is 12.1 Å². The number of hydrogen-bond donors (Lipinski definition) is 1. The topological polar surface area (TPSA) is 46.3 Å². The van der Waals surface area contributed by atoms with Gasteiger partial charge in [-0.25, -0.2) is 0 Å². The Balaban J connectivity index is 1.82. The van der Waals surface area contributed by atoms with Crippen molar-refractivity contribution in [2.75, 3.05) is 13.1 Å². The molecular weight excluding hydrogens is 308 g/mol. The van der Waals surface area contributed by atoms with E-state index in [2.05, 4.69) is 47.4 Å². The third-order valence-corrected chi connectivity index (χ3v) is 6.20. The van der Waals surface area contributed by atoms with Crippen molar-refractivity contribution in [3.63, 3.8) is 0 Å². The third kappa shape index (κ3) is 2.08. The summed E-state index contributed by atoms with van der Waals surface area (Å²) >= 11 is 0. The van der Waals surface area contributed by atoms with Crippen molar-refractivity contribution in [3.8, 4) is 0 Å². The number of hydrogen-bond acceptors (Lipinski definition) is 2. The van der Waals surface area contributed by atoms with Gasteiger partial charge in [-0.05, 0) is 41.0 Å². The molecule has 126 valence electrons. The fraction of sp³-hybridized carbons (Fsp3) is 0.318. The summed E-state index contributed by atoms with van der Waals surface area (Å²) in [5, 5.41) is 0. The minimum Gasteiger partial charge on any atom is -0.374 e. The number of fused-ring (bicyclic) bond motifs is 3. The van der Waals surface area contributed by atoms with E-state index in [9.17, 15) is 4.79 Å². The molecule has 1 fully saturated rings. The SMILES string of the molecule is NC(=O)[C@H]1c2ccccc2C2=C([C@H]1c1ccccc1)N1CCC2CC1. The molecule has 2 aromatic carbocycles. The zero-order valence-corrected chi connectivity index (χ0v) is 14.2. The first kappa shape index (κ1) is 14.8. The van der Waals surface area contributed by atoms with Crippen LogP contribution in [0.4, 0.5) is 0 Å². The lowest BCUT2D eigenvalue weighted by Crippen LogP contribution is -2.46. The third-order valence-electron chi connectivity index (χ3n) is 6.20. The van der Waals surface area contributed by atoms with Gasteiger partial charge in [0.05, 0.1) is 5.92 Å². The van der Waals surface area contributed by atoms with E-state index in [4.69, 9.17) is 5.73 Å². The Morgan fingerprint density at radius 2 is 1.64 bits per heavy atom. The minimum absolute atomic E-state index is 0.0340. The Morgan fingerprint density at radius 3 is 2.36 bits per heavy atom. The second kappa shape index (κ2) is 5.48. The maximum atomic E-state index is 12.6. The quantitative estimate of drug-likeness (QED) is 0.916. The lowest BCUT2D eigenvalue weighted by Gasteiger charge is -2.51. The van der Waals surface area contributed by atoms with Crippen LogP contribution in [0.5, 0.6) is 0 Å². The van der Waals surface area contributed by atoms with E-state index in [0.717, 1.165) is 18.7 Å². The summed E-state index contributed by atoms with van der Waals surface area (Å²) in [6.45, 7) is 2.20. The number of carbonyl (C=O) groups excluding carboxylic acids is 1. The van der Waals surface area contributed by atoms with Crippen LogP contribution in [0.15, 0.2) is 60.3 Å². The average Bonchev–Trinajstić information content (AvgIpc) is 2.68. The van der Waals surface area contributed by atoms with Crippen LogP contribution in [-0.2, 0) is 4.79 Å². The van der Waals surface area contributed by atoms with Gasteiger partial charge in [0.2, 0.25) is 5.91 Å². The zero-order chi connectivity index (χ0) is 17.0. The molecule has 2 atom stereocenters. The number of benzene rings is 2. The molecule has 0 saturated carbocycles. The lowest BCUT2D eigenvalue weighted by molar-refractivity contribution is -0.120. The number of allylic oxidation sites excluding steroid dienone is 2. The molecule has 3 aliphatic heterocycles. The maximum absolute atomic E-state index is 12.6. The molecule has 1 amide bonds. The van der Waals surface area contributed by atoms with Crippen molar-refractivity contribution in [3.05, 3.63) is 77.0 Å². The molecule has 0 unspecified atom stereocenters. The van der Waals surface area contributed by atoms with Crippen molar-refractivity contribution >= 4 is 11.5 Å². The highest BCUT2D eigenvalue weighted by molar-refractivity contribution is 5.90. The van der Waals surface area contributed by atoms with E-state index in [1.165, 1.54) is 35.2 Å². The van der Waals surface area contributed by atoms with Gasteiger partial charge in [0, 0.05) is 24.7 Å². The van der Waals surface area contributed by atoms with Gasteiger partial charge in [-0.1, -0.05) is 54.6 Å². The molecule has 3 nitrogen and oxygen atoms in total. The molecule has 2 N–H and O–H groups in total. The first-order valence-corrected chi connectivity index (χ1v) is 9.18. The van der Waals surface area contributed by atoms with Crippen molar-refractivity contribution in [1.82, 2.24) is 4.90 Å². The number of nitrogens with zero attached hydrogens (tertiary/aromatic N) is 1. The van der Waals surface area contributed by atoms with Crippen LogP contribution in [0, 0.1) is 5.92 Å². The van der Waals surface area contributed by atoms with Crippen LogP contribution < -0.4 is 5.73 Å². The summed E-state index contributed by atoms with van der Waals surface area (Å²) in [4.78, 5) is 15.1. The largest absolute Gasteiger partial charge is 0.374 e. The molecular formula is C22H22N2O. The molecule has 0 spiro atoms. The van der Waals surface area contributed by atoms with Gasteiger partial charge >= 0.3 is 0 Å². The second-order valence-corrected chi connectivity index (χ2v) is 7.42. The highest BCUT2D eigenvalue weighted by atomic mass is 16.1. The van der Waals surface area contributed by atoms with Crippen molar-refractivity contribution in [2.45, 2.75) is 24.7 Å². The molecule has 25 heavy (non-hydrogen) atoms. The lowest BCUT2D eigenvalue weighted by atomic mass is 9.64. The Morgan fingerprint density at radius 1 is 0.960 bits per heavy atom. The summed E-state index contributed by atoms with van der Waals surface area (Å²) in [6, 6.07) is 18.8. The highest BCUT2D eigenvalue weighted by Gasteiger charge is 2.46. The van der Waals surface area contributed by atoms with Crippen LogP contribution in [0.25, 0.3) is 5.57 Å². The molecule has 3 heteroatoms. The first-order chi connectivity index (χ1) is 12.3. The predicted molar refractivity (Wildman–Crippen MR) is 98.8 cm³/mol. The van der Waals surface area contributed by atoms with E-state index in [1.54, 1.807) is 0 Å². The molecule has 0 radical (unpaired) electrons. The summed E-state index contributed by atoms with van der Waals surface area (Å²) in [7, 11) is 0. The molecule has 1 saturated heterocycles. The number of amides is 1. The minimum atomic E-state index is -0.295. The second-order valence-electron chi connectivity index (χ2n) is 7.42. The molecule has 2 bridgehead atoms. The van der Waals surface area contributed by atoms with Crippen LogP contribution in [-0.4, -0.2) is 23.9 Å². The molecule has 2 aromatic rings. The van der Waals surface area contributed by atoms with Gasteiger partial charge in [0.1, 0.15) is 0 Å². The normalized spacial score (nSPS) is 24.9. The Bertz CT molecular complexity index is 863. The molecule has 1 aliphatic carbocycles. The first-order valence-electron chi connectivity index (χ1n) is 9.18. The number of rotatable bonds is 2. The predicted octanol–water partition coefficient (Wildman–Crippen LogP) is 3.49. The summed E-state index contributed by atoms with van der Waals surface area (Å²) in [5.41, 5.74) is 12.3. The van der Waals surface area contributed by atoms with Crippen molar-refractivity contribution in [2.24, 2.45) is 11.7 Å². The zero-order valence-electron chi connectivity index (χ0n) is 14.2. The van der Waals surface area contributed by atoms with Crippen LogP contribution in [0.2, 0.25) is 0 Å². The standard InChI is InChI=1S/C22H22N2O/c23-22(25)20-17-9-5-4-8-16(17)18-15-10-12-24(13-11-15)21(18)19(20)14-6-2-1-3-7-14/h1-9,15,19-20H,10-13H2,(H2,23,25)/t19-,20-/m0/s1. The number of piperidine rings is 1. The van der Waals surface area contributed by atoms with Crippen LogP contribution in [0.1, 0.15) is 41.4 Å². The molecule has 3 heterocycles. The smallest absolute Gasteiger partial charge is 0.226 e. The van der Waals surface area contributed by atoms with Crippen molar-refractivity contribution < 1.29 is 4.79 Å². The van der Waals surface area contributed by atoms with Crippen LogP contribution >= 0.6 is 0 Å². The molecule has 4 aliphatic rings. The fourth-order valence-electron chi connectivity index (χ4n) is 5.19. The number of carbonyl (C=O) groups is 1. The van der Waals surface area contributed by atoms with Gasteiger partial charge in [-0.2, -0.15) is 0 Å². The van der Waals surface area contributed by atoms with Crippen LogP contribution in [0.3, 0.4) is 0 Å². The summed E-state index contributed by atoms with van der Waals surface area (Å²) in [6.07, 6.45) is 2.44. The number of nitrogens with two attached hydrogens (primary N) is 1.